The van der Waals surface area contributed by atoms with Gasteiger partial charge in [-0.2, -0.15) is 0 Å². The molecule has 2 heterocycles. The first kappa shape index (κ1) is 23.5. The first-order chi connectivity index (χ1) is 16.3. The molecule has 34 heavy (non-hydrogen) atoms. The third-order valence-electron chi connectivity index (χ3n) is 5.63. The fraction of sp³-hybridized carbons (Fsp3) is 0.222. The van der Waals surface area contributed by atoms with Gasteiger partial charge in [0, 0.05) is 28.7 Å². The number of amides is 1. The minimum atomic E-state index is -0.869. The van der Waals surface area contributed by atoms with Crippen molar-refractivity contribution < 1.29 is 19.4 Å². The lowest BCUT2D eigenvalue weighted by Crippen LogP contribution is -2.30. The number of aliphatic hydroxyl groups excluding tert-OH is 1. The molecule has 0 spiro atoms. The molecule has 1 N–H and O–H groups in total. The van der Waals surface area contributed by atoms with Crippen molar-refractivity contribution in [3.8, 4) is 5.75 Å². The summed E-state index contributed by atoms with van der Waals surface area (Å²) in [6, 6.07) is 14.7. The number of hydrogen-bond donors (Lipinski definition) is 1. The Hall–Kier alpha value is -3.64. The Kier molecular flexibility index (Phi) is 6.70. The SMILES string of the molecule is Cc1c(Cl)cccc1N1C(=O)C(=O)/C(=C(/O)c2cccc(OCC(C)C)c2)C1c1cccnc1. The summed E-state index contributed by atoms with van der Waals surface area (Å²) in [5, 5.41) is 11.8. The van der Waals surface area contributed by atoms with E-state index in [2.05, 4.69) is 4.98 Å². The van der Waals surface area contributed by atoms with Crippen molar-refractivity contribution in [3.63, 3.8) is 0 Å². The van der Waals surface area contributed by atoms with E-state index in [-0.39, 0.29) is 11.3 Å². The van der Waals surface area contributed by atoms with Gasteiger partial charge < -0.3 is 9.84 Å². The van der Waals surface area contributed by atoms with E-state index in [4.69, 9.17) is 16.3 Å². The molecule has 7 heteroatoms. The maximum atomic E-state index is 13.3. The number of anilines is 1. The van der Waals surface area contributed by atoms with Gasteiger partial charge in [-0.1, -0.05) is 49.7 Å². The quantitative estimate of drug-likeness (QED) is 0.280. The van der Waals surface area contributed by atoms with Gasteiger partial charge in [0.1, 0.15) is 11.5 Å². The second-order valence-electron chi connectivity index (χ2n) is 8.57. The summed E-state index contributed by atoms with van der Waals surface area (Å²) in [4.78, 5) is 32.1. The molecule has 3 aromatic rings. The van der Waals surface area contributed by atoms with Crippen LogP contribution in [0.1, 0.15) is 36.6 Å². The molecule has 1 aliphatic heterocycles. The van der Waals surface area contributed by atoms with E-state index in [1.165, 1.54) is 4.90 Å². The van der Waals surface area contributed by atoms with Gasteiger partial charge in [-0.3, -0.25) is 19.5 Å². The molecular formula is C27H25ClN2O4. The summed E-state index contributed by atoms with van der Waals surface area (Å²) in [5.41, 5.74) is 2.12. The lowest BCUT2D eigenvalue weighted by atomic mass is 9.96. The Bertz CT molecular complexity index is 1270. The van der Waals surface area contributed by atoms with Crippen molar-refractivity contribution in [1.82, 2.24) is 4.98 Å². The molecule has 1 aliphatic rings. The zero-order valence-electron chi connectivity index (χ0n) is 19.2. The zero-order valence-corrected chi connectivity index (χ0v) is 19.9. The van der Waals surface area contributed by atoms with Crippen LogP contribution in [0.5, 0.6) is 5.75 Å². The van der Waals surface area contributed by atoms with Crippen LogP contribution in [0.2, 0.25) is 5.02 Å². The van der Waals surface area contributed by atoms with Crippen LogP contribution in [0.15, 0.2) is 72.6 Å². The number of aliphatic hydroxyl groups is 1. The number of pyridine rings is 1. The first-order valence-corrected chi connectivity index (χ1v) is 11.4. The minimum absolute atomic E-state index is 0.0154. The summed E-state index contributed by atoms with van der Waals surface area (Å²) in [5.74, 6) is -0.902. The molecule has 1 amide bonds. The Labute approximate surface area is 203 Å². The number of benzene rings is 2. The van der Waals surface area contributed by atoms with Crippen LogP contribution < -0.4 is 9.64 Å². The molecule has 0 radical (unpaired) electrons. The lowest BCUT2D eigenvalue weighted by molar-refractivity contribution is -0.132. The van der Waals surface area contributed by atoms with Gasteiger partial charge in [-0.15, -0.1) is 0 Å². The average Bonchev–Trinajstić information content (AvgIpc) is 3.10. The topological polar surface area (TPSA) is 79.7 Å². The largest absolute Gasteiger partial charge is 0.507 e. The van der Waals surface area contributed by atoms with Crippen LogP contribution in [0.4, 0.5) is 5.69 Å². The number of aromatic nitrogens is 1. The number of rotatable bonds is 6. The van der Waals surface area contributed by atoms with E-state index < -0.39 is 17.7 Å². The second kappa shape index (κ2) is 9.69. The van der Waals surface area contributed by atoms with Crippen molar-refractivity contribution in [2.75, 3.05) is 11.5 Å². The standard InChI is InChI=1S/C27H25ClN2O4/c1-16(2)15-34-20-9-4-7-18(13-20)25(31)23-24(19-8-6-12-29-14-19)30(27(33)26(23)32)22-11-5-10-21(28)17(22)3/h4-14,16,24,31H,15H2,1-3H3/b25-23+. The zero-order chi connectivity index (χ0) is 24.4. The van der Waals surface area contributed by atoms with Crippen LogP contribution in [-0.4, -0.2) is 28.4 Å². The molecule has 6 nitrogen and oxygen atoms in total. The number of nitrogens with zero attached hydrogens (tertiary/aromatic N) is 2. The van der Waals surface area contributed by atoms with E-state index in [9.17, 15) is 14.7 Å². The molecular weight excluding hydrogens is 452 g/mol. The van der Waals surface area contributed by atoms with Gasteiger partial charge in [0.15, 0.2) is 0 Å². The van der Waals surface area contributed by atoms with E-state index in [1.54, 1.807) is 73.9 Å². The van der Waals surface area contributed by atoms with Crippen molar-refractivity contribution in [2.45, 2.75) is 26.8 Å². The summed E-state index contributed by atoms with van der Waals surface area (Å²) < 4.78 is 5.78. The normalized spacial score (nSPS) is 17.4. The fourth-order valence-electron chi connectivity index (χ4n) is 3.94. The third-order valence-corrected chi connectivity index (χ3v) is 6.04. The Morgan fingerprint density at radius 3 is 2.62 bits per heavy atom. The highest BCUT2D eigenvalue weighted by atomic mass is 35.5. The highest BCUT2D eigenvalue weighted by molar-refractivity contribution is 6.52. The maximum Gasteiger partial charge on any atom is 0.300 e. The van der Waals surface area contributed by atoms with Gasteiger partial charge in [0.05, 0.1) is 18.2 Å². The van der Waals surface area contributed by atoms with Crippen LogP contribution in [0.25, 0.3) is 5.76 Å². The summed E-state index contributed by atoms with van der Waals surface area (Å²) in [6.07, 6.45) is 3.19. The highest BCUT2D eigenvalue weighted by Gasteiger charge is 2.47. The minimum Gasteiger partial charge on any atom is -0.507 e. The van der Waals surface area contributed by atoms with Crippen molar-refractivity contribution in [3.05, 3.63) is 94.3 Å². The first-order valence-electron chi connectivity index (χ1n) is 11.0. The monoisotopic (exact) mass is 476 g/mol. The molecule has 1 aromatic heterocycles. The Morgan fingerprint density at radius 1 is 1.15 bits per heavy atom. The number of Topliss-reactive ketones (excluding diaryl/α,β-unsaturated/α-hetero) is 1. The van der Waals surface area contributed by atoms with Crippen molar-refractivity contribution in [2.24, 2.45) is 5.92 Å². The van der Waals surface area contributed by atoms with Crippen molar-refractivity contribution in [1.29, 1.82) is 0 Å². The predicted molar refractivity (Wildman–Crippen MR) is 132 cm³/mol. The number of halogens is 1. The van der Waals surface area contributed by atoms with E-state index >= 15 is 0 Å². The number of carbonyl (C=O) groups is 2. The maximum absolute atomic E-state index is 13.3. The summed E-state index contributed by atoms with van der Waals surface area (Å²) >= 11 is 6.32. The molecule has 1 saturated heterocycles. The molecule has 2 aromatic carbocycles. The molecule has 0 saturated carbocycles. The average molecular weight is 477 g/mol. The van der Waals surface area contributed by atoms with Crippen LogP contribution >= 0.6 is 11.6 Å². The number of ketones is 1. The summed E-state index contributed by atoms with van der Waals surface area (Å²) in [6.45, 7) is 6.37. The van der Waals surface area contributed by atoms with Gasteiger partial charge in [0.2, 0.25) is 0 Å². The lowest BCUT2D eigenvalue weighted by Gasteiger charge is -2.26. The van der Waals surface area contributed by atoms with E-state index in [1.807, 2.05) is 13.8 Å². The molecule has 174 valence electrons. The number of carbonyl (C=O) groups excluding carboxylic acids is 2. The van der Waals surface area contributed by atoms with Gasteiger partial charge in [-0.05, 0) is 54.3 Å². The highest BCUT2D eigenvalue weighted by Crippen LogP contribution is 2.43. The fourth-order valence-corrected chi connectivity index (χ4v) is 4.11. The number of hydrogen-bond acceptors (Lipinski definition) is 5. The number of ether oxygens (including phenoxy) is 1. The molecule has 1 fully saturated rings. The Balaban J connectivity index is 1.88. The molecule has 0 bridgehead atoms. The smallest absolute Gasteiger partial charge is 0.300 e. The molecule has 1 atom stereocenters. The van der Waals surface area contributed by atoms with Gasteiger partial charge in [-0.25, -0.2) is 0 Å². The van der Waals surface area contributed by atoms with E-state index in [0.29, 0.717) is 45.7 Å². The van der Waals surface area contributed by atoms with Gasteiger partial charge in [0.25, 0.3) is 11.7 Å². The third kappa shape index (κ3) is 4.41. The molecule has 1 unspecified atom stereocenters. The van der Waals surface area contributed by atoms with Crippen LogP contribution in [-0.2, 0) is 9.59 Å². The molecule has 4 rings (SSSR count). The van der Waals surface area contributed by atoms with Crippen LogP contribution in [0.3, 0.4) is 0 Å². The van der Waals surface area contributed by atoms with Crippen LogP contribution in [0, 0.1) is 12.8 Å². The molecule has 0 aliphatic carbocycles. The Morgan fingerprint density at radius 2 is 1.91 bits per heavy atom. The summed E-state index contributed by atoms with van der Waals surface area (Å²) in [7, 11) is 0. The second-order valence-corrected chi connectivity index (χ2v) is 8.98. The predicted octanol–water partition coefficient (Wildman–Crippen LogP) is 5.70. The van der Waals surface area contributed by atoms with Crippen molar-refractivity contribution >= 4 is 34.7 Å². The van der Waals surface area contributed by atoms with Gasteiger partial charge >= 0.3 is 0 Å². The van der Waals surface area contributed by atoms with E-state index in [0.717, 1.165) is 0 Å².